The summed E-state index contributed by atoms with van der Waals surface area (Å²) in [7, 11) is 1.60. The summed E-state index contributed by atoms with van der Waals surface area (Å²) < 4.78 is 12.7. The van der Waals surface area contributed by atoms with Crippen molar-refractivity contribution in [3.05, 3.63) is 33.1 Å². The van der Waals surface area contributed by atoms with E-state index in [2.05, 4.69) is 4.98 Å². The quantitative estimate of drug-likeness (QED) is 0.852. The van der Waals surface area contributed by atoms with Crippen LogP contribution in [0.3, 0.4) is 0 Å². The van der Waals surface area contributed by atoms with Crippen LogP contribution in [0, 0.1) is 5.92 Å². The van der Waals surface area contributed by atoms with Crippen molar-refractivity contribution >= 4 is 0 Å². The summed E-state index contributed by atoms with van der Waals surface area (Å²) in [6.07, 6.45) is 1.68. The number of hydrogen-bond acceptors (Lipinski definition) is 4. The Morgan fingerprint density at radius 3 is 2.78 bits per heavy atom. The second kappa shape index (κ2) is 5.07. The Morgan fingerprint density at radius 2 is 2.22 bits per heavy atom. The zero-order chi connectivity index (χ0) is 13.3. The first kappa shape index (κ1) is 13.0. The van der Waals surface area contributed by atoms with E-state index in [1.54, 1.807) is 7.11 Å². The smallest absolute Gasteiger partial charge is 0.330 e. The lowest BCUT2D eigenvalue weighted by Crippen LogP contribution is -2.36. The molecule has 6 heteroatoms. The van der Waals surface area contributed by atoms with Gasteiger partial charge in [0.05, 0.1) is 6.10 Å². The third-order valence-electron chi connectivity index (χ3n) is 3.50. The largest absolute Gasteiger partial charge is 0.376 e. The van der Waals surface area contributed by atoms with Crippen LogP contribution in [0.1, 0.15) is 26.5 Å². The van der Waals surface area contributed by atoms with Crippen LogP contribution >= 0.6 is 0 Å². The van der Waals surface area contributed by atoms with Gasteiger partial charge in [-0.3, -0.25) is 14.3 Å². The molecule has 0 aliphatic carbocycles. The van der Waals surface area contributed by atoms with Gasteiger partial charge in [0, 0.05) is 25.3 Å². The normalized spacial score (nSPS) is 31.7. The van der Waals surface area contributed by atoms with Crippen LogP contribution in [0.25, 0.3) is 0 Å². The van der Waals surface area contributed by atoms with Gasteiger partial charge in [0.15, 0.2) is 6.23 Å². The monoisotopic (exact) mass is 254 g/mol. The first-order valence-corrected chi connectivity index (χ1v) is 6.08. The van der Waals surface area contributed by atoms with Gasteiger partial charge in [-0.15, -0.1) is 0 Å². The van der Waals surface area contributed by atoms with Gasteiger partial charge >= 0.3 is 5.69 Å². The third-order valence-corrected chi connectivity index (χ3v) is 3.50. The lowest BCUT2D eigenvalue weighted by molar-refractivity contribution is -0.0530. The van der Waals surface area contributed by atoms with E-state index in [9.17, 15) is 9.59 Å². The van der Waals surface area contributed by atoms with Gasteiger partial charge < -0.3 is 9.47 Å². The molecule has 1 aromatic heterocycles. The maximum atomic E-state index is 11.8. The highest BCUT2D eigenvalue weighted by Gasteiger charge is 2.42. The van der Waals surface area contributed by atoms with Gasteiger partial charge in [-0.1, -0.05) is 13.8 Å². The minimum Gasteiger partial charge on any atom is -0.376 e. The average Bonchev–Trinajstić information content (AvgIpc) is 2.65. The number of hydrogen-bond donors (Lipinski definition) is 1. The zero-order valence-electron chi connectivity index (χ0n) is 10.8. The van der Waals surface area contributed by atoms with Crippen molar-refractivity contribution in [2.75, 3.05) is 7.11 Å². The molecule has 2 heterocycles. The highest BCUT2D eigenvalue weighted by Crippen LogP contribution is 2.35. The van der Waals surface area contributed by atoms with E-state index < -0.39 is 17.5 Å². The molecule has 0 spiro atoms. The third kappa shape index (κ3) is 2.13. The van der Waals surface area contributed by atoms with Crippen LogP contribution < -0.4 is 11.2 Å². The molecule has 6 nitrogen and oxygen atoms in total. The Labute approximate surface area is 105 Å². The number of nitrogens with zero attached hydrogens (tertiary/aromatic N) is 1. The predicted octanol–water partition coefficient (Wildman–Crippen LogP) is 0.495. The number of H-pyrrole nitrogens is 1. The Kier molecular flexibility index (Phi) is 3.68. The van der Waals surface area contributed by atoms with Gasteiger partial charge in [-0.25, -0.2) is 4.79 Å². The molecule has 4 atom stereocenters. The summed E-state index contributed by atoms with van der Waals surface area (Å²) in [5, 5.41) is 0. The fourth-order valence-corrected chi connectivity index (χ4v) is 2.50. The second-order valence-electron chi connectivity index (χ2n) is 4.55. The number of ether oxygens (including phenoxy) is 2. The highest BCUT2D eigenvalue weighted by atomic mass is 16.6. The minimum absolute atomic E-state index is 0.0544. The predicted molar refractivity (Wildman–Crippen MR) is 65.5 cm³/mol. The number of aromatic nitrogens is 2. The lowest BCUT2D eigenvalue weighted by Gasteiger charge is -2.20. The fourth-order valence-electron chi connectivity index (χ4n) is 2.50. The summed E-state index contributed by atoms with van der Waals surface area (Å²) in [4.78, 5) is 25.0. The first-order valence-electron chi connectivity index (χ1n) is 6.08. The average molecular weight is 254 g/mol. The summed E-state index contributed by atoms with van der Waals surface area (Å²) >= 11 is 0. The zero-order valence-corrected chi connectivity index (χ0v) is 10.8. The molecule has 0 aromatic carbocycles. The topological polar surface area (TPSA) is 73.3 Å². The molecule has 1 aliphatic heterocycles. The van der Waals surface area contributed by atoms with E-state index in [1.807, 2.05) is 13.8 Å². The standard InChI is InChI=1S/C12H18N2O4/c1-4-8-7(2)10(17-3)11(18-8)14-6-5-9(15)13-12(14)16/h5-8,10-11H,4H2,1-3H3,(H,13,15,16)/t7-,8-,10-,11-/m1/s1. The fraction of sp³-hybridized carbons (Fsp3) is 0.667. The Morgan fingerprint density at radius 1 is 1.50 bits per heavy atom. The van der Waals surface area contributed by atoms with Gasteiger partial charge in [0.1, 0.15) is 6.10 Å². The maximum absolute atomic E-state index is 11.8. The number of methoxy groups -OCH3 is 1. The van der Waals surface area contributed by atoms with Crippen LogP contribution in [-0.2, 0) is 9.47 Å². The van der Waals surface area contributed by atoms with E-state index in [0.29, 0.717) is 0 Å². The SMILES string of the molecule is CC[C@H]1O[C@@H](n2ccc(=O)[nH]c2=O)[C@H](OC)[C@@H]1C. The van der Waals surface area contributed by atoms with Crippen molar-refractivity contribution in [3.63, 3.8) is 0 Å². The van der Waals surface area contributed by atoms with Crippen LogP contribution in [0.15, 0.2) is 21.9 Å². The summed E-state index contributed by atoms with van der Waals surface area (Å²) in [6, 6.07) is 1.31. The number of aromatic amines is 1. The molecule has 18 heavy (non-hydrogen) atoms. The summed E-state index contributed by atoms with van der Waals surface area (Å²) in [5.74, 6) is 0.198. The van der Waals surface area contributed by atoms with Gasteiger partial charge in [0.2, 0.25) is 0 Å². The molecule has 0 amide bonds. The lowest BCUT2D eigenvalue weighted by atomic mass is 9.98. The molecule has 0 unspecified atom stereocenters. The Hall–Kier alpha value is -1.40. The van der Waals surface area contributed by atoms with Crippen LogP contribution in [-0.4, -0.2) is 28.9 Å². The first-order chi connectivity index (χ1) is 8.58. The Balaban J connectivity index is 2.38. The van der Waals surface area contributed by atoms with Gasteiger partial charge in [0.25, 0.3) is 5.56 Å². The molecule has 1 aromatic rings. The minimum atomic E-state index is -0.487. The Bertz CT molecular complexity index is 521. The molecule has 0 bridgehead atoms. The van der Waals surface area contributed by atoms with Crippen LogP contribution in [0.5, 0.6) is 0 Å². The molecule has 1 aliphatic rings. The molecular weight excluding hydrogens is 236 g/mol. The van der Waals surface area contributed by atoms with Crippen molar-refractivity contribution < 1.29 is 9.47 Å². The molecular formula is C12H18N2O4. The van der Waals surface area contributed by atoms with E-state index in [1.165, 1.54) is 16.8 Å². The number of nitrogens with one attached hydrogen (secondary N) is 1. The van der Waals surface area contributed by atoms with Crippen molar-refractivity contribution in [2.24, 2.45) is 5.92 Å². The molecule has 100 valence electrons. The summed E-state index contributed by atoms with van der Waals surface area (Å²) in [5.41, 5.74) is -0.887. The van der Waals surface area contributed by atoms with Crippen molar-refractivity contribution in [3.8, 4) is 0 Å². The van der Waals surface area contributed by atoms with Gasteiger partial charge in [-0.2, -0.15) is 0 Å². The molecule has 0 radical (unpaired) electrons. The van der Waals surface area contributed by atoms with Crippen molar-refractivity contribution in [1.29, 1.82) is 0 Å². The summed E-state index contributed by atoms with van der Waals surface area (Å²) in [6.45, 7) is 4.07. The maximum Gasteiger partial charge on any atom is 0.330 e. The molecule has 1 saturated heterocycles. The van der Waals surface area contributed by atoms with Crippen molar-refractivity contribution in [2.45, 2.75) is 38.7 Å². The van der Waals surface area contributed by atoms with E-state index >= 15 is 0 Å². The number of rotatable bonds is 3. The van der Waals surface area contributed by atoms with Gasteiger partial charge in [-0.05, 0) is 6.42 Å². The van der Waals surface area contributed by atoms with Crippen molar-refractivity contribution in [1.82, 2.24) is 9.55 Å². The second-order valence-corrected chi connectivity index (χ2v) is 4.55. The van der Waals surface area contributed by atoms with E-state index in [0.717, 1.165) is 6.42 Å². The highest BCUT2D eigenvalue weighted by molar-refractivity contribution is 4.91. The molecule has 1 N–H and O–H groups in total. The molecule has 0 saturated carbocycles. The molecule has 2 rings (SSSR count). The molecule has 1 fully saturated rings. The van der Waals surface area contributed by atoms with Crippen LogP contribution in [0.2, 0.25) is 0 Å². The van der Waals surface area contributed by atoms with E-state index in [-0.39, 0.29) is 18.1 Å². The van der Waals surface area contributed by atoms with E-state index in [4.69, 9.17) is 9.47 Å². The van der Waals surface area contributed by atoms with Crippen LogP contribution in [0.4, 0.5) is 0 Å².